The van der Waals surface area contributed by atoms with E-state index in [-0.39, 0.29) is 22.5 Å². The van der Waals surface area contributed by atoms with Crippen molar-refractivity contribution in [2.24, 2.45) is 0 Å². The van der Waals surface area contributed by atoms with E-state index < -0.39 is 15.7 Å². The van der Waals surface area contributed by atoms with Crippen LogP contribution in [0.3, 0.4) is 0 Å². The number of amides is 1. The van der Waals surface area contributed by atoms with Gasteiger partial charge in [-0.25, -0.2) is 8.42 Å². The number of sulfone groups is 1. The minimum absolute atomic E-state index is 0.0617. The Bertz CT molecular complexity index is 1000. The van der Waals surface area contributed by atoms with Gasteiger partial charge in [-0.2, -0.15) is 0 Å². The number of benzene rings is 1. The van der Waals surface area contributed by atoms with Gasteiger partial charge >= 0.3 is 6.01 Å². The van der Waals surface area contributed by atoms with Crippen LogP contribution in [0.15, 0.2) is 44.2 Å². The van der Waals surface area contributed by atoms with Gasteiger partial charge in [0.15, 0.2) is 15.5 Å². The summed E-state index contributed by atoms with van der Waals surface area (Å²) in [6.07, 6.45) is 1.45. The summed E-state index contributed by atoms with van der Waals surface area (Å²) < 4.78 is 33.0. The van der Waals surface area contributed by atoms with E-state index in [0.29, 0.717) is 12.2 Å². The summed E-state index contributed by atoms with van der Waals surface area (Å²) in [5.74, 6) is 0.261. The van der Waals surface area contributed by atoms with E-state index in [9.17, 15) is 13.2 Å². The maximum absolute atomic E-state index is 11.9. The fraction of sp³-hybridized carbons (Fsp3) is 0.200. The third kappa shape index (κ3) is 4.10. The number of hydrogen-bond acceptors (Lipinski definition) is 8. The largest absolute Gasteiger partial charge is 0.407 e. The number of carbonyl (C=O) groups is 1. The van der Waals surface area contributed by atoms with Crippen molar-refractivity contribution in [1.82, 2.24) is 15.4 Å². The first-order chi connectivity index (χ1) is 11.8. The first kappa shape index (κ1) is 16.8. The molecule has 0 aliphatic rings. The molecule has 2 aromatic heterocycles. The lowest BCUT2D eigenvalue weighted by Crippen LogP contribution is -2.12. The number of nitrogens with zero attached hydrogens (tertiary/aromatic N) is 3. The van der Waals surface area contributed by atoms with Gasteiger partial charge < -0.3 is 8.94 Å². The fourth-order valence-corrected chi connectivity index (χ4v) is 2.67. The minimum Gasteiger partial charge on any atom is -0.407 e. The van der Waals surface area contributed by atoms with Gasteiger partial charge in [0.25, 0.3) is 5.91 Å². The Morgan fingerprint density at radius 2 is 1.92 bits per heavy atom. The monoisotopic (exact) mass is 362 g/mol. The lowest BCUT2D eigenvalue weighted by atomic mass is 10.1. The summed E-state index contributed by atoms with van der Waals surface area (Å²) in [5.41, 5.74) is 0.898. The Morgan fingerprint density at radius 1 is 1.20 bits per heavy atom. The molecule has 1 aromatic carbocycles. The second-order valence-corrected chi connectivity index (χ2v) is 7.39. The van der Waals surface area contributed by atoms with E-state index in [2.05, 4.69) is 20.7 Å². The van der Waals surface area contributed by atoms with Gasteiger partial charge in [-0.1, -0.05) is 22.4 Å². The number of nitrogens with one attached hydrogen (secondary N) is 1. The maximum Gasteiger partial charge on any atom is 0.322 e. The number of aryl methyl sites for hydroxylation is 1. The van der Waals surface area contributed by atoms with Crippen LogP contribution in [-0.4, -0.2) is 35.9 Å². The zero-order valence-electron chi connectivity index (χ0n) is 13.4. The Balaban J connectivity index is 1.66. The van der Waals surface area contributed by atoms with Crippen LogP contribution in [0.25, 0.3) is 0 Å². The first-order valence-electron chi connectivity index (χ1n) is 7.17. The van der Waals surface area contributed by atoms with Crippen molar-refractivity contribution in [1.29, 1.82) is 0 Å². The second-order valence-electron chi connectivity index (χ2n) is 5.37. The Hall–Kier alpha value is -3.01. The summed E-state index contributed by atoms with van der Waals surface area (Å²) in [7, 11) is -3.24. The molecule has 0 bridgehead atoms. The van der Waals surface area contributed by atoms with Crippen molar-refractivity contribution in [3.63, 3.8) is 0 Å². The zero-order chi connectivity index (χ0) is 18.0. The zero-order valence-corrected chi connectivity index (χ0v) is 14.2. The molecular weight excluding hydrogens is 348 g/mol. The molecule has 1 N–H and O–H groups in total. The van der Waals surface area contributed by atoms with Crippen molar-refractivity contribution in [2.45, 2.75) is 18.2 Å². The highest BCUT2D eigenvalue weighted by atomic mass is 32.2. The van der Waals surface area contributed by atoms with Gasteiger partial charge in [-0.15, -0.1) is 5.10 Å². The first-order valence-corrected chi connectivity index (χ1v) is 9.06. The van der Waals surface area contributed by atoms with Gasteiger partial charge in [0.2, 0.25) is 5.89 Å². The highest BCUT2D eigenvalue weighted by Crippen LogP contribution is 2.15. The molecular formula is C15H14N4O5S. The maximum atomic E-state index is 11.9. The molecule has 3 rings (SSSR count). The molecule has 9 nitrogen and oxygen atoms in total. The Morgan fingerprint density at radius 3 is 2.52 bits per heavy atom. The van der Waals surface area contributed by atoms with Gasteiger partial charge in [-0.05, 0) is 24.6 Å². The quantitative estimate of drug-likeness (QED) is 0.725. The van der Waals surface area contributed by atoms with E-state index in [4.69, 9.17) is 8.94 Å². The summed E-state index contributed by atoms with van der Waals surface area (Å²) in [6.45, 7) is 1.67. The highest BCUT2D eigenvalue weighted by molar-refractivity contribution is 7.90. The number of rotatable bonds is 5. The van der Waals surface area contributed by atoms with Gasteiger partial charge in [0.05, 0.1) is 11.3 Å². The van der Waals surface area contributed by atoms with Crippen molar-refractivity contribution in [3.8, 4) is 0 Å². The van der Waals surface area contributed by atoms with Crippen LogP contribution in [0, 0.1) is 6.92 Å². The molecule has 0 unspecified atom stereocenters. The molecule has 0 fully saturated rings. The van der Waals surface area contributed by atoms with Gasteiger partial charge in [0.1, 0.15) is 5.76 Å². The van der Waals surface area contributed by atoms with Gasteiger partial charge in [0, 0.05) is 12.3 Å². The molecule has 3 aromatic rings. The lowest BCUT2D eigenvalue weighted by molar-refractivity contribution is 0.101. The summed E-state index contributed by atoms with van der Waals surface area (Å²) >= 11 is 0. The molecule has 25 heavy (non-hydrogen) atoms. The van der Waals surface area contributed by atoms with Crippen molar-refractivity contribution < 1.29 is 22.2 Å². The molecule has 0 aliphatic heterocycles. The van der Waals surface area contributed by atoms with Crippen LogP contribution in [-0.2, 0) is 16.3 Å². The van der Waals surface area contributed by atoms with Crippen LogP contribution >= 0.6 is 0 Å². The molecule has 1 amide bonds. The smallest absolute Gasteiger partial charge is 0.322 e. The third-order valence-electron chi connectivity index (χ3n) is 3.25. The SMILES string of the molecule is Cc1cc(C(=O)Nc2nnc(Cc3ccc(S(C)(=O)=O)cc3)o2)no1. The normalized spacial score (nSPS) is 11.4. The number of carbonyl (C=O) groups excluding carboxylic acids is 1. The van der Waals surface area contributed by atoms with Crippen LogP contribution < -0.4 is 5.32 Å². The van der Waals surface area contributed by atoms with Crippen molar-refractivity contribution in [3.05, 3.63) is 53.2 Å². The average Bonchev–Trinajstić information content (AvgIpc) is 3.16. The molecule has 10 heteroatoms. The average molecular weight is 362 g/mol. The number of hydrogen-bond donors (Lipinski definition) is 1. The molecule has 0 saturated heterocycles. The number of anilines is 1. The van der Waals surface area contributed by atoms with Crippen LogP contribution in [0.2, 0.25) is 0 Å². The van der Waals surface area contributed by atoms with Crippen molar-refractivity contribution >= 4 is 21.8 Å². The second kappa shape index (κ2) is 6.48. The molecule has 130 valence electrons. The standard InChI is InChI=1S/C15H14N4O5S/c1-9-7-12(19-24-9)14(20)16-15-18-17-13(23-15)8-10-3-5-11(6-4-10)25(2,21)22/h3-7H,8H2,1-2H3,(H,16,18,20). The predicted octanol–water partition coefficient (Wildman–Crippen LogP) is 1.61. The third-order valence-corrected chi connectivity index (χ3v) is 4.38. The van der Waals surface area contributed by atoms with E-state index in [1.807, 2.05) is 0 Å². The summed E-state index contributed by atoms with van der Waals surface area (Å²) in [4.78, 5) is 12.1. The highest BCUT2D eigenvalue weighted by Gasteiger charge is 2.15. The van der Waals surface area contributed by atoms with E-state index in [0.717, 1.165) is 11.8 Å². The molecule has 0 radical (unpaired) electrons. The predicted molar refractivity (Wildman–Crippen MR) is 85.8 cm³/mol. The van der Waals surface area contributed by atoms with E-state index >= 15 is 0 Å². The fourth-order valence-electron chi connectivity index (χ4n) is 2.04. The van der Waals surface area contributed by atoms with Gasteiger partial charge in [-0.3, -0.25) is 10.1 Å². The molecule has 0 saturated carbocycles. The summed E-state index contributed by atoms with van der Waals surface area (Å²) in [6, 6.07) is 7.77. The van der Waals surface area contributed by atoms with E-state index in [1.165, 1.54) is 18.2 Å². The lowest BCUT2D eigenvalue weighted by Gasteiger charge is -2.00. The van der Waals surface area contributed by atoms with E-state index in [1.54, 1.807) is 19.1 Å². The van der Waals surface area contributed by atoms with Crippen LogP contribution in [0.1, 0.15) is 27.7 Å². The molecule has 2 heterocycles. The Kier molecular flexibility index (Phi) is 4.36. The molecule has 0 spiro atoms. The topological polar surface area (TPSA) is 128 Å². The molecule has 0 aliphatic carbocycles. The van der Waals surface area contributed by atoms with Crippen LogP contribution in [0.4, 0.5) is 6.01 Å². The Labute approximate surface area is 143 Å². The van der Waals surface area contributed by atoms with Crippen LogP contribution in [0.5, 0.6) is 0 Å². The molecule has 0 atom stereocenters. The van der Waals surface area contributed by atoms with Crippen molar-refractivity contribution in [2.75, 3.05) is 11.6 Å². The number of aromatic nitrogens is 3. The summed E-state index contributed by atoms with van der Waals surface area (Å²) in [5, 5.41) is 13.6. The minimum atomic E-state index is -3.24.